The van der Waals surface area contributed by atoms with Crippen LogP contribution in [0.2, 0.25) is 0 Å². The number of hydrogen-bond donors (Lipinski definition) is 2. The highest BCUT2D eigenvalue weighted by Gasteiger charge is 2.23. The molecular weight excluding hydrogens is 310 g/mol. The Hall–Kier alpha value is -3.09. The van der Waals surface area contributed by atoms with E-state index in [1.165, 1.54) is 0 Å². The standard InChI is InChI=1S/C17H17N3O4/c1-11(20-6-2-3-12(10-20)16(18)21)17(22)19-13-4-5-14-15(9-13)24-8-7-23-14/h2-6,9-11H,7-8H2,1H3,(H2-,18,19,21,22)/p+1/t11-/m1/s1. The molecule has 2 amide bonds. The summed E-state index contributed by atoms with van der Waals surface area (Å²) < 4.78 is 12.6. The summed E-state index contributed by atoms with van der Waals surface area (Å²) in [5, 5.41) is 2.83. The number of rotatable bonds is 4. The average Bonchev–Trinajstić information content (AvgIpc) is 2.61. The molecule has 1 aliphatic rings. The summed E-state index contributed by atoms with van der Waals surface area (Å²) in [7, 11) is 0. The van der Waals surface area contributed by atoms with Crippen LogP contribution in [0.1, 0.15) is 23.3 Å². The fourth-order valence-corrected chi connectivity index (χ4v) is 2.38. The summed E-state index contributed by atoms with van der Waals surface area (Å²) >= 11 is 0. The van der Waals surface area contributed by atoms with Crippen LogP contribution in [0.3, 0.4) is 0 Å². The van der Waals surface area contributed by atoms with Crippen LogP contribution < -0.4 is 25.1 Å². The van der Waals surface area contributed by atoms with Crippen LogP contribution in [0.4, 0.5) is 5.69 Å². The molecule has 0 fully saturated rings. The molecule has 24 heavy (non-hydrogen) atoms. The summed E-state index contributed by atoms with van der Waals surface area (Å²) in [4.78, 5) is 23.7. The zero-order chi connectivity index (χ0) is 17.1. The molecule has 2 heterocycles. The largest absolute Gasteiger partial charge is 0.486 e. The summed E-state index contributed by atoms with van der Waals surface area (Å²) in [5.41, 5.74) is 6.23. The SMILES string of the molecule is C[C@H](C(=O)Nc1ccc2c(c1)OCCO2)[n+]1cccc(C(N)=O)c1. The lowest BCUT2D eigenvalue weighted by atomic mass is 10.2. The molecule has 0 saturated carbocycles. The Kier molecular flexibility index (Phi) is 4.33. The number of nitrogens with one attached hydrogen (secondary N) is 1. The van der Waals surface area contributed by atoms with Crippen molar-refractivity contribution in [1.82, 2.24) is 0 Å². The Balaban J connectivity index is 1.74. The molecule has 1 atom stereocenters. The van der Waals surface area contributed by atoms with E-state index >= 15 is 0 Å². The maximum absolute atomic E-state index is 12.4. The average molecular weight is 328 g/mol. The molecule has 124 valence electrons. The van der Waals surface area contributed by atoms with E-state index in [1.807, 2.05) is 0 Å². The summed E-state index contributed by atoms with van der Waals surface area (Å²) in [6.07, 6.45) is 3.26. The quantitative estimate of drug-likeness (QED) is 0.820. The number of primary amides is 1. The van der Waals surface area contributed by atoms with Crippen LogP contribution in [-0.4, -0.2) is 25.0 Å². The first-order valence-electron chi connectivity index (χ1n) is 7.56. The van der Waals surface area contributed by atoms with Crippen molar-refractivity contribution in [3.05, 3.63) is 48.3 Å². The lowest BCUT2D eigenvalue weighted by Gasteiger charge is -2.19. The van der Waals surface area contributed by atoms with Gasteiger partial charge in [0.1, 0.15) is 18.8 Å². The molecule has 0 unspecified atom stereocenters. The van der Waals surface area contributed by atoms with E-state index in [0.717, 1.165) is 0 Å². The van der Waals surface area contributed by atoms with Gasteiger partial charge in [0.25, 0.3) is 11.8 Å². The first-order chi connectivity index (χ1) is 11.5. The van der Waals surface area contributed by atoms with Gasteiger partial charge in [0, 0.05) is 24.7 Å². The second-order valence-corrected chi connectivity index (χ2v) is 5.43. The smallest absolute Gasteiger partial charge is 0.293 e. The highest BCUT2D eigenvalue weighted by atomic mass is 16.6. The molecule has 2 aromatic rings. The number of amides is 2. The Labute approximate surface area is 139 Å². The summed E-state index contributed by atoms with van der Waals surface area (Å²) in [6.45, 7) is 2.73. The molecule has 0 bridgehead atoms. The normalized spacial score (nSPS) is 13.9. The molecule has 3 N–H and O–H groups in total. The van der Waals surface area contributed by atoms with Gasteiger partial charge < -0.3 is 20.5 Å². The third-order valence-corrected chi connectivity index (χ3v) is 3.74. The molecule has 3 rings (SSSR count). The highest BCUT2D eigenvalue weighted by molar-refractivity contribution is 5.93. The fourth-order valence-electron chi connectivity index (χ4n) is 2.38. The second-order valence-electron chi connectivity index (χ2n) is 5.43. The van der Waals surface area contributed by atoms with Gasteiger partial charge >= 0.3 is 0 Å². The molecule has 1 aromatic heterocycles. The number of fused-ring (bicyclic) bond motifs is 1. The maximum atomic E-state index is 12.4. The number of carbonyl (C=O) groups is 2. The van der Waals surface area contributed by atoms with Gasteiger partial charge in [-0.05, 0) is 18.2 Å². The van der Waals surface area contributed by atoms with Crippen molar-refractivity contribution in [2.75, 3.05) is 18.5 Å². The van der Waals surface area contributed by atoms with Gasteiger partial charge in [-0.1, -0.05) is 0 Å². The van der Waals surface area contributed by atoms with Gasteiger partial charge in [-0.25, -0.2) is 0 Å². The lowest BCUT2D eigenvalue weighted by molar-refractivity contribution is -0.705. The van der Waals surface area contributed by atoms with Crippen LogP contribution in [0.5, 0.6) is 11.5 Å². The zero-order valence-electron chi connectivity index (χ0n) is 13.2. The predicted molar refractivity (Wildman–Crippen MR) is 85.9 cm³/mol. The number of anilines is 1. The van der Waals surface area contributed by atoms with E-state index in [9.17, 15) is 9.59 Å². The first kappa shape index (κ1) is 15.8. The molecule has 0 radical (unpaired) electrons. The third kappa shape index (κ3) is 3.29. The Bertz CT molecular complexity index is 791. The molecule has 1 aromatic carbocycles. The first-order valence-corrected chi connectivity index (χ1v) is 7.56. The van der Waals surface area contributed by atoms with E-state index in [1.54, 1.807) is 54.2 Å². The molecule has 1 aliphatic heterocycles. The maximum Gasteiger partial charge on any atom is 0.293 e. The molecular formula is C17H18N3O4+. The van der Waals surface area contributed by atoms with E-state index in [0.29, 0.717) is 36.0 Å². The van der Waals surface area contributed by atoms with Crippen molar-refractivity contribution in [3.8, 4) is 11.5 Å². The number of pyridine rings is 1. The van der Waals surface area contributed by atoms with Crippen molar-refractivity contribution in [2.24, 2.45) is 5.73 Å². The van der Waals surface area contributed by atoms with Crippen LogP contribution in [-0.2, 0) is 4.79 Å². The number of hydrogen-bond acceptors (Lipinski definition) is 4. The highest BCUT2D eigenvalue weighted by Crippen LogP contribution is 2.32. The van der Waals surface area contributed by atoms with Crippen LogP contribution in [0.15, 0.2) is 42.7 Å². The molecule has 7 heteroatoms. The van der Waals surface area contributed by atoms with Gasteiger partial charge in [0.2, 0.25) is 6.04 Å². The Morgan fingerprint density at radius 1 is 1.21 bits per heavy atom. The van der Waals surface area contributed by atoms with Crippen molar-refractivity contribution in [1.29, 1.82) is 0 Å². The molecule has 7 nitrogen and oxygen atoms in total. The van der Waals surface area contributed by atoms with Crippen molar-refractivity contribution < 1.29 is 23.6 Å². The second kappa shape index (κ2) is 6.57. The predicted octanol–water partition coefficient (Wildman–Crippen LogP) is 1.04. The van der Waals surface area contributed by atoms with Gasteiger partial charge in [-0.15, -0.1) is 0 Å². The number of nitrogens with two attached hydrogens (primary N) is 1. The van der Waals surface area contributed by atoms with E-state index < -0.39 is 11.9 Å². The van der Waals surface area contributed by atoms with Gasteiger partial charge in [-0.3, -0.25) is 9.59 Å². The zero-order valence-corrected chi connectivity index (χ0v) is 13.2. The topological polar surface area (TPSA) is 94.5 Å². The summed E-state index contributed by atoms with van der Waals surface area (Å²) in [5.74, 6) is 0.507. The van der Waals surface area contributed by atoms with Gasteiger partial charge in [0.05, 0.1) is 0 Å². The van der Waals surface area contributed by atoms with Gasteiger partial charge in [-0.2, -0.15) is 4.57 Å². The molecule has 0 saturated heterocycles. The number of ether oxygens (including phenoxy) is 2. The minimum absolute atomic E-state index is 0.224. The third-order valence-electron chi connectivity index (χ3n) is 3.74. The minimum Gasteiger partial charge on any atom is -0.486 e. The Morgan fingerprint density at radius 2 is 1.96 bits per heavy atom. The minimum atomic E-state index is -0.538. The van der Waals surface area contributed by atoms with E-state index in [2.05, 4.69) is 5.32 Å². The number of aromatic nitrogens is 1. The van der Waals surface area contributed by atoms with Crippen molar-refractivity contribution >= 4 is 17.5 Å². The monoisotopic (exact) mass is 328 g/mol. The van der Waals surface area contributed by atoms with Crippen LogP contribution in [0, 0.1) is 0 Å². The van der Waals surface area contributed by atoms with E-state index in [-0.39, 0.29) is 5.91 Å². The van der Waals surface area contributed by atoms with Gasteiger partial charge in [0.15, 0.2) is 23.9 Å². The number of benzene rings is 1. The molecule has 0 aliphatic carbocycles. The Morgan fingerprint density at radius 3 is 2.71 bits per heavy atom. The van der Waals surface area contributed by atoms with Crippen molar-refractivity contribution in [3.63, 3.8) is 0 Å². The lowest BCUT2D eigenvalue weighted by Crippen LogP contribution is -2.44. The fraction of sp³-hybridized carbons (Fsp3) is 0.235. The van der Waals surface area contributed by atoms with Crippen LogP contribution >= 0.6 is 0 Å². The van der Waals surface area contributed by atoms with Crippen molar-refractivity contribution in [2.45, 2.75) is 13.0 Å². The molecule has 0 spiro atoms. The van der Waals surface area contributed by atoms with E-state index in [4.69, 9.17) is 15.2 Å². The van der Waals surface area contributed by atoms with Crippen LogP contribution in [0.25, 0.3) is 0 Å². The number of nitrogens with zero attached hydrogens (tertiary/aromatic N) is 1. The number of carbonyl (C=O) groups excluding carboxylic acids is 2. The summed E-state index contributed by atoms with van der Waals surface area (Å²) in [6, 6.07) is 8.00.